The highest BCUT2D eigenvalue weighted by Gasteiger charge is 2.27. The zero-order chi connectivity index (χ0) is 17.8. The van der Waals surface area contributed by atoms with Crippen molar-refractivity contribution in [2.75, 3.05) is 6.54 Å². The molecule has 0 spiro atoms. The monoisotopic (exact) mass is 333 g/mol. The van der Waals surface area contributed by atoms with Gasteiger partial charge in [-0.05, 0) is 73.8 Å². The Labute approximate surface area is 149 Å². The molecule has 0 saturated heterocycles. The van der Waals surface area contributed by atoms with Gasteiger partial charge in [0.05, 0.1) is 5.56 Å². The molecule has 0 radical (unpaired) electrons. The average molecular weight is 333 g/mol. The normalized spacial score (nSPS) is 13.4. The summed E-state index contributed by atoms with van der Waals surface area (Å²) in [5.41, 5.74) is 4.72. The molecule has 1 aliphatic carbocycles. The third-order valence-electron chi connectivity index (χ3n) is 4.67. The van der Waals surface area contributed by atoms with Crippen LogP contribution in [0.3, 0.4) is 0 Å². The SMILES string of the molecule is CCN(Cc1ccc(C#Cc2ccc(C(=O)O)cc2)cc1C)C1CC1. The molecule has 2 aromatic carbocycles. The Morgan fingerprint density at radius 1 is 1.12 bits per heavy atom. The third kappa shape index (κ3) is 4.49. The molecule has 1 aliphatic rings. The first kappa shape index (κ1) is 17.3. The van der Waals surface area contributed by atoms with Crippen LogP contribution in [-0.2, 0) is 6.54 Å². The Balaban J connectivity index is 1.71. The van der Waals surface area contributed by atoms with E-state index in [9.17, 15) is 4.79 Å². The molecule has 0 atom stereocenters. The summed E-state index contributed by atoms with van der Waals surface area (Å²) in [5.74, 6) is 5.35. The van der Waals surface area contributed by atoms with E-state index in [-0.39, 0.29) is 5.56 Å². The first-order valence-corrected chi connectivity index (χ1v) is 8.75. The fourth-order valence-corrected chi connectivity index (χ4v) is 2.95. The number of carbonyl (C=O) groups is 1. The summed E-state index contributed by atoms with van der Waals surface area (Å²) in [6.45, 7) is 6.47. The Bertz CT molecular complexity index is 823. The van der Waals surface area contributed by atoms with Gasteiger partial charge in [0.25, 0.3) is 0 Å². The van der Waals surface area contributed by atoms with Crippen LogP contribution in [-0.4, -0.2) is 28.6 Å². The molecule has 128 valence electrons. The molecule has 3 nitrogen and oxygen atoms in total. The highest BCUT2D eigenvalue weighted by Crippen LogP contribution is 2.28. The smallest absolute Gasteiger partial charge is 0.335 e. The van der Waals surface area contributed by atoms with Crippen LogP contribution in [0.1, 0.15) is 52.4 Å². The van der Waals surface area contributed by atoms with Crippen LogP contribution in [0.4, 0.5) is 0 Å². The van der Waals surface area contributed by atoms with Crippen LogP contribution in [0, 0.1) is 18.8 Å². The second kappa shape index (κ2) is 7.55. The summed E-state index contributed by atoms with van der Waals surface area (Å²) in [6, 6.07) is 13.8. The number of aromatic carboxylic acids is 1. The van der Waals surface area contributed by atoms with Crippen molar-refractivity contribution in [3.05, 3.63) is 70.3 Å². The Kier molecular flexibility index (Phi) is 5.21. The fourth-order valence-electron chi connectivity index (χ4n) is 2.95. The van der Waals surface area contributed by atoms with E-state index in [1.165, 1.54) is 24.0 Å². The van der Waals surface area contributed by atoms with Crippen LogP contribution in [0.25, 0.3) is 0 Å². The second-order valence-electron chi connectivity index (χ2n) is 6.57. The molecule has 3 rings (SSSR count). The largest absolute Gasteiger partial charge is 0.478 e. The summed E-state index contributed by atoms with van der Waals surface area (Å²) < 4.78 is 0. The van der Waals surface area contributed by atoms with E-state index in [0.29, 0.717) is 0 Å². The van der Waals surface area contributed by atoms with Gasteiger partial charge in [-0.3, -0.25) is 4.90 Å². The molecule has 1 saturated carbocycles. The average Bonchev–Trinajstić information content (AvgIpc) is 3.44. The van der Waals surface area contributed by atoms with E-state index in [0.717, 1.165) is 30.3 Å². The summed E-state index contributed by atoms with van der Waals surface area (Å²) in [7, 11) is 0. The molecule has 1 N–H and O–H groups in total. The van der Waals surface area contributed by atoms with Crippen molar-refractivity contribution >= 4 is 5.97 Å². The predicted molar refractivity (Wildman–Crippen MR) is 99.7 cm³/mol. The van der Waals surface area contributed by atoms with Crippen molar-refractivity contribution in [3.63, 3.8) is 0 Å². The minimum absolute atomic E-state index is 0.280. The van der Waals surface area contributed by atoms with E-state index >= 15 is 0 Å². The number of rotatable bonds is 5. The minimum atomic E-state index is -0.918. The van der Waals surface area contributed by atoms with Gasteiger partial charge in [0.2, 0.25) is 0 Å². The Morgan fingerprint density at radius 3 is 2.32 bits per heavy atom. The standard InChI is InChI=1S/C22H23NO2/c1-3-23(21-12-13-21)15-20-11-8-18(14-16(20)2)5-4-17-6-9-19(10-7-17)22(24)25/h6-11,14,21H,3,12-13,15H2,1-2H3,(H,24,25). The molecule has 0 bridgehead atoms. The fraction of sp³-hybridized carbons (Fsp3) is 0.318. The van der Waals surface area contributed by atoms with Gasteiger partial charge in [0.15, 0.2) is 0 Å². The Morgan fingerprint density at radius 2 is 1.76 bits per heavy atom. The van der Waals surface area contributed by atoms with Crippen molar-refractivity contribution in [2.45, 2.75) is 39.3 Å². The lowest BCUT2D eigenvalue weighted by Crippen LogP contribution is -2.25. The van der Waals surface area contributed by atoms with Crippen LogP contribution in [0.2, 0.25) is 0 Å². The van der Waals surface area contributed by atoms with Gasteiger partial charge in [-0.1, -0.05) is 24.8 Å². The summed E-state index contributed by atoms with van der Waals surface area (Å²) >= 11 is 0. The molecular weight excluding hydrogens is 310 g/mol. The van der Waals surface area contributed by atoms with Crippen LogP contribution in [0.5, 0.6) is 0 Å². The lowest BCUT2D eigenvalue weighted by Gasteiger charge is -2.21. The first-order valence-electron chi connectivity index (χ1n) is 8.75. The summed E-state index contributed by atoms with van der Waals surface area (Å²) in [5, 5.41) is 8.92. The number of benzene rings is 2. The second-order valence-corrected chi connectivity index (χ2v) is 6.57. The number of carboxylic acid groups (broad SMARTS) is 1. The van der Waals surface area contributed by atoms with Gasteiger partial charge in [-0.15, -0.1) is 0 Å². The maximum atomic E-state index is 10.9. The first-order chi connectivity index (χ1) is 12.1. The van der Waals surface area contributed by atoms with Crippen LogP contribution < -0.4 is 0 Å². The molecule has 0 unspecified atom stereocenters. The van der Waals surface area contributed by atoms with Gasteiger partial charge in [0.1, 0.15) is 0 Å². The molecular formula is C22H23NO2. The molecule has 0 aliphatic heterocycles. The quantitative estimate of drug-likeness (QED) is 0.838. The summed E-state index contributed by atoms with van der Waals surface area (Å²) in [4.78, 5) is 13.4. The van der Waals surface area contributed by atoms with Crippen molar-refractivity contribution in [1.82, 2.24) is 4.90 Å². The zero-order valence-electron chi connectivity index (χ0n) is 14.7. The molecule has 25 heavy (non-hydrogen) atoms. The van der Waals surface area contributed by atoms with Crippen molar-refractivity contribution in [3.8, 4) is 11.8 Å². The maximum absolute atomic E-state index is 10.9. The number of nitrogens with zero attached hydrogens (tertiary/aromatic N) is 1. The summed E-state index contributed by atoms with van der Waals surface area (Å²) in [6.07, 6.45) is 2.66. The third-order valence-corrected chi connectivity index (χ3v) is 4.67. The molecule has 1 fully saturated rings. The topological polar surface area (TPSA) is 40.5 Å². The van der Waals surface area contributed by atoms with E-state index < -0.39 is 5.97 Å². The number of hydrogen-bond donors (Lipinski definition) is 1. The lowest BCUT2D eigenvalue weighted by molar-refractivity contribution is 0.0697. The van der Waals surface area contributed by atoms with Gasteiger partial charge >= 0.3 is 5.97 Å². The minimum Gasteiger partial charge on any atom is -0.478 e. The van der Waals surface area contributed by atoms with E-state index in [1.807, 2.05) is 0 Å². The number of carboxylic acids is 1. The van der Waals surface area contributed by atoms with E-state index in [2.05, 4.69) is 48.8 Å². The highest BCUT2D eigenvalue weighted by atomic mass is 16.4. The van der Waals surface area contributed by atoms with Gasteiger partial charge in [-0.25, -0.2) is 4.79 Å². The van der Waals surface area contributed by atoms with Crippen LogP contribution in [0.15, 0.2) is 42.5 Å². The molecule has 0 aromatic heterocycles. The van der Waals surface area contributed by atoms with Gasteiger partial charge in [0, 0.05) is 23.7 Å². The maximum Gasteiger partial charge on any atom is 0.335 e. The Hall–Kier alpha value is -2.57. The number of aryl methyl sites for hydroxylation is 1. The van der Waals surface area contributed by atoms with Gasteiger partial charge < -0.3 is 5.11 Å². The van der Waals surface area contributed by atoms with Gasteiger partial charge in [-0.2, -0.15) is 0 Å². The lowest BCUT2D eigenvalue weighted by atomic mass is 10.0. The van der Waals surface area contributed by atoms with E-state index in [4.69, 9.17) is 5.11 Å². The van der Waals surface area contributed by atoms with Crippen LogP contribution >= 0.6 is 0 Å². The number of hydrogen-bond acceptors (Lipinski definition) is 2. The highest BCUT2D eigenvalue weighted by molar-refractivity contribution is 5.87. The molecule has 0 heterocycles. The zero-order valence-corrected chi connectivity index (χ0v) is 14.7. The molecule has 3 heteroatoms. The predicted octanol–water partition coefficient (Wildman–Crippen LogP) is 4.08. The van der Waals surface area contributed by atoms with Crippen molar-refractivity contribution in [2.24, 2.45) is 0 Å². The van der Waals surface area contributed by atoms with E-state index in [1.54, 1.807) is 24.3 Å². The molecule has 2 aromatic rings. The van der Waals surface area contributed by atoms with Crippen molar-refractivity contribution < 1.29 is 9.90 Å². The molecule has 0 amide bonds. The van der Waals surface area contributed by atoms with Crippen molar-refractivity contribution in [1.29, 1.82) is 0 Å².